The van der Waals surface area contributed by atoms with E-state index in [0.717, 1.165) is 18.4 Å². The van der Waals surface area contributed by atoms with Gasteiger partial charge in [0.15, 0.2) is 29.8 Å². The minimum Gasteiger partial charge on any atom is -0.504 e. The summed E-state index contributed by atoms with van der Waals surface area (Å²) in [5, 5.41) is 19.0. The number of aldehydes is 2. The number of ether oxygens (including phenoxy) is 2. The number of hydrogen-bond donors (Lipinski definition) is 3. The molecule has 2 unspecified atom stereocenters. The van der Waals surface area contributed by atoms with E-state index in [1.165, 1.54) is 24.3 Å². The fourth-order valence-corrected chi connectivity index (χ4v) is 3.22. The Hall–Kier alpha value is -4.27. The molecular formula is C20H14O13S. The van der Waals surface area contributed by atoms with Gasteiger partial charge in [-0.2, -0.15) is 8.42 Å². The summed E-state index contributed by atoms with van der Waals surface area (Å²) in [7, 11) is -4.93. The number of hydrogen-bond acceptors (Lipinski definition) is 11. The van der Waals surface area contributed by atoms with Crippen LogP contribution in [0.25, 0.3) is 22.1 Å². The molecule has 0 fully saturated rings. The summed E-state index contributed by atoms with van der Waals surface area (Å²) < 4.78 is 50.8. The minimum absolute atomic E-state index is 0.0187. The molecular weight excluding hydrogens is 480 g/mol. The molecule has 3 rings (SSSR count). The maximum Gasteiger partial charge on any atom is 0.446 e. The van der Waals surface area contributed by atoms with Gasteiger partial charge in [-0.1, -0.05) is 18.2 Å². The lowest BCUT2D eigenvalue weighted by Gasteiger charge is -2.17. The SMILES string of the molecule is O=CC(Oc1ccc2occ(-c3ccccc3OS(=O)(=O)O)c(=O)c2c1O)OC(C=O)C(=O)O. The van der Waals surface area contributed by atoms with Gasteiger partial charge >= 0.3 is 16.4 Å². The molecule has 13 nitrogen and oxygen atoms in total. The fraction of sp³-hybridized carbons (Fsp3) is 0.100. The summed E-state index contributed by atoms with van der Waals surface area (Å²) in [6, 6.07) is 7.53. The van der Waals surface area contributed by atoms with Gasteiger partial charge in [0.1, 0.15) is 17.2 Å². The molecule has 1 heterocycles. The second-order valence-corrected chi connectivity index (χ2v) is 7.45. The van der Waals surface area contributed by atoms with Gasteiger partial charge in [0.05, 0.1) is 5.56 Å². The number of aromatic hydroxyl groups is 1. The lowest BCUT2D eigenvalue weighted by atomic mass is 10.0. The Kier molecular flexibility index (Phi) is 6.95. The maximum absolute atomic E-state index is 13.1. The summed E-state index contributed by atoms with van der Waals surface area (Å²) in [6.07, 6.45) is -3.07. The Bertz CT molecular complexity index is 1420. The molecule has 0 bridgehead atoms. The van der Waals surface area contributed by atoms with Crippen molar-refractivity contribution in [3.05, 3.63) is 52.9 Å². The predicted molar refractivity (Wildman–Crippen MR) is 111 cm³/mol. The number of para-hydroxylation sites is 1. The Labute approximate surface area is 189 Å². The molecule has 34 heavy (non-hydrogen) atoms. The smallest absolute Gasteiger partial charge is 0.446 e. The van der Waals surface area contributed by atoms with Crippen LogP contribution in [-0.2, 0) is 29.5 Å². The van der Waals surface area contributed by atoms with E-state index in [1.807, 2.05) is 0 Å². The average molecular weight is 494 g/mol. The van der Waals surface area contributed by atoms with Crippen LogP contribution < -0.4 is 14.3 Å². The van der Waals surface area contributed by atoms with E-state index in [2.05, 4.69) is 4.18 Å². The number of carboxylic acid groups (broad SMARTS) is 1. The minimum atomic E-state index is -4.93. The fourth-order valence-electron chi connectivity index (χ4n) is 2.84. The maximum atomic E-state index is 13.1. The van der Waals surface area contributed by atoms with Crippen molar-refractivity contribution in [1.29, 1.82) is 0 Å². The van der Waals surface area contributed by atoms with Gasteiger partial charge in [-0.3, -0.25) is 18.9 Å². The van der Waals surface area contributed by atoms with Crippen molar-refractivity contribution in [2.45, 2.75) is 12.4 Å². The molecule has 0 aliphatic heterocycles. The second kappa shape index (κ2) is 9.70. The van der Waals surface area contributed by atoms with E-state index in [4.69, 9.17) is 23.6 Å². The lowest BCUT2D eigenvalue weighted by molar-refractivity contribution is -0.170. The largest absolute Gasteiger partial charge is 0.504 e. The van der Waals surface area contributed by atoms with Crippen molar-refractivity contribution < 1.29 is 55.6 Å². The van der Waals surface area contributed by atoms with E-state index in [-0.39, 0.29) is 29.3 Å². The first-order chi connectivity index (χ1) is 16.1. The molecule has 2 atom stereocenters. The zero-order valence-electron chi connectivity index (χ0n) is 16.7. The number of carbonyl (C=O) groups is 3. The van der Waals surface area contributed by atoms with Crippen LogP contribution in [0.5, 0.6) is 17.2 Å². The van der Waals surface area contributed by atoms with Gasteiger partial charge in [-0.15, -0.1) is 0 Å². The molecule has 14 heteroatoms. The molecule has 2 aromatic carbocycles. The van der Waals surface area contributed by atoms with E-state index in [1.54, 1.807) is 0 Å². The number of benzene rings is 2. The molecule has 1 aromatic heterocycles. The van der Waals surface area contributed by atoms with Gasteiger partial charge in [0, 0.05) is 5.56 Å². The third kappa shape index (κ3) is 5.20. The third-order valence-electron chi connectivity index (χ3n) is 4.25. The summed E-state index contributed by atoms with van der Waals surface area (Å²) in [5.74, 6) is -3.42. The molecule has 0 radical (unpaired) electrons. The summed E-state index contributed by atoms with van der Waals surface area (Å²) >= 11 is 0. The molecule has 0 amide bonds. The average Bonchev–Trinajstić information content (AvgIpc) is 2.77. The summed E-state index contributed by atoms with van der Waals surface area (Å²) in [4.78, 5) is 46.0. The Morgan fingerprint density at radius 2 is 1.74 bits per heavy atom. The van der Waals surface area contributed by atoms with Gasteiger partial charge in [-0.05, 0) is 18.2 Å². The van der Waals surface area contributed by atoms with Crippen molar-refractivity contribution in [2.75, 3.05) is 0 Å². The second-order valence-electron chi connectivity index (χ2n) is 6.42. The zero-order chi connectivity index (χ0) is 25.0. The molecule has 0 aliphatic rings. The van der Waals surface area contributed by atoms with Crippen LogP contribution in [0.15, 0.2) is 51.9 Å². The predicted octanol–water partition coefficient (Wildman–Crippen LogP) is 0.920. The van der Waals surface area contributed by atoms with E-state index >= 15 is 0 Å². The van der Waals surface area contributed by atoms with E-state index < -0.39 is 56.8 Å². The Morgan fingerprint density at radius 1 is 1.03 bits per heavy atom. The van der Waals surface area contributed by atoms with Crippen LogP contribution in [0.1, 0.15) is 0 Å². The quantitative estimate of drug-likeness (QED) is 0.155. The van der Waals surface area contributed by atoms with Crippen molar-refractivity contribution >= 4 is 39.9 Å². The van der Waals surface area contributed by atoms with Crippen LogP contribution in [0.4, 0.5) is 0 Å². The first-order valence-corrected chi connectivity index (χ1v) is 10.4. The van der Waals surface area contributed by atoms with Crippen LogP contribution in [0.2, 0.25) is 0 Å². The van der Waals surface area contributed by atoms with Crippen molar-refractivity contribution in [1.82, 2.24) is 0 Å². The number of carboxylic acids is 1. The van der Waals surface area contributed by atoms with Crippen molar-refractivity contribution in [2.24, 2.45) is 0 Å². The van der Waals surface area contributed by atoms with Crippen molar-refractivity contribution in [3.63, 3.8) is 0 Å². The Balaban J connectivity index is 2.08. The number of aliphatic carboxylic acids is 1. The number of phenols is 1. The van der Waals surface area contributed by atoms with Crippen LogP contribution in [0.3, 0.4) is 0 Å². The molecule has 0 aliphatic carbocycles. The molecule has 0 spiro atoms. The van der Waals surface area contributed by atoms with Crippen LogP contribution in [-0.4, -0.2) is 54.1 Å². The van der Waals surface area contributed by atoms with Gasteiger partial charge in [0.25, 0.3) is 6.29 Å². The summed E-state index contributed by atoms with van der Waals surface area (Å²) in [5.41, 5.74) is -1.39. The highest BCUT2D eigenvalue weighted by atomic mass is 32.3. The Morgan fingerprint density at radius 3 is 2.35 bits per heavy atom. The molecule has 0 saturated carbocycles. The van der Waals surface area contributed by atoms with Crippen LogP contribution >= 0.6 is 0 Å². The topological polar surface area (TPSA) is 204 Å². The zero-order valence-corrected chi connectivity index (χ0v) is 17.5. The highest BCUT2D eigenvalue weighted by Gasteiger charge is 2.25. The normalized spacial score (nSPS) is 13.1. The van der Waals surface area contributed by atoms with E-state index in [9.17, 15) is 32.7 Å². The molecule has 3 aromatic rings. The standard InChI is InChI=1S/C20H14O13S/c21-7-15(20(25)26)32-16(8-22)31-14-6-5-13-17(19(14)24)18(23)11(9-30-13)10-3-1-2-4-12(10)33-34(27,28)29/h1-9,15-16,24H,(H,25,26)(H,27,28,29). The lowest BCUT2D eigenvalue weighted by Crippen LogP contribution is -2.34. The molecule has 3 N–H and O–H groups in total. The van der Waals surface area contributed by atoms with Crippen molar-refractivity contribution in [3.8, 4) is 28.4 Å². The molecule has 178 valence electrons. The van der Waals surface area contributed by atoms with Gasteiger partial charge in [-0.25, -0.2) is 4.79 Å². The third-order valence-corrected chi connectivity index (χ3v) is 4.64. The highest BCUT2D eigenvalue weighted by Crippen LogP contribution is 2.36. The van der Waals surface area contributed by atoms with Crippen LogP contribution in [0, 0.1) is 0 Å². The van der Waals surface area contributed by atoms with E-state index in [0.29, 0.717) is 0 Å². The number of phenolic OH excluding ortho intramolecular Hbond substituents is 1. The highest BCUT2D eigenvalue weighted by molar-refractivity contribution is 7.81. The molecule has 0 saturated heterocycles. The number of carbonyl (C=O) groups excluding carboxylic acids is 2. The summed E-state index contributed by atoms with van der Waals surface area (Å²) in [6.45, 7) is 0. The van der Waals surface area contributed by atoms with Gasteiger partial charge < -0.3 is 28.3 Å². The first-order valence-electron chi connectivity index (χ1n) is 9.05. The first kappa shape index (κ1) is 24.4. The number of fused-ring (bicyclic) bond motifs is 1. The van der Waals surface area contributed by atoms with Gasteiger partial charge in [0.2, 0.25) is 11.5 Å². The monoisotopic (exact) mass is 494 g/mol. The number of rotatable bonds is 10.